The molecule has 18 heavy (non-hydrogen) atoms. The molecule has 0 fully saturated rings. The Balaban J connectivity index is 0. The summed E-state index contributed by atoms with van der Waals surface area (Å²) in [7, 11) is 4.75. The summed E-state index contributed by atoms with van der Waals surface area (Å²) in [5, 5.41) is 0. The van der Waals surface area contributed by atoms with Crippen molar-refractivity contribution in [1.29, 1.82) is 0 Å². The third-order valence-electron chi connectivity index (χ3n) is 1.89. The maximum atomic E-state index is 10.8. The van der Waals surface area contributed by atoms with Crippen LogP contribution in [0.3, 0.4) is 0 Å². The minimum atomic E-state index is -2.93. The van der Waals surface area contributed by atoms with Crippen molar-refractivity contribution in [2.24, 2.45) is 4.99 Å². The molecular formula is C10H24IN3O3S. The van der Waals surface area contributed by atoms with Crippen molar-refractivity contribution in [2.75, 3.05) is 60.0 Å². The number of rotatable bonds is 6. The molecule has 0 aliphatic heterocycles. The Bertz CT molecular complexity index is 332. The summed E-state index contributed by atoms with van der Waals surface area (Å²) >= 11 is 0. The molecule has 110 valence electrons. The van der Waals surface area contributed by atoms with Crippen LogP contribution in [0.25, 0.3) is 0 Å². The van der Waals surface area contributed by atoms with E-state index in [1.54, 1.807) is 0 Å². The fourth-order valence-electron chi connectivity index (χ4n) is 1.21. The Morgan fingerprint density at radius 3 is 2.00 bits per heavy atom. The van der Waals surface area contributed by atoms with Gasteiger partial charge in [0.15, 0.2) is 5.96 Å². The largest absolute Gasteiger partial charge is 0.378 e. The fraction of sp³-hybridized carbons (Fsp3) is 0.900. The third-order valence-corrected chi connectivity index (χ3v) is 2.80. The summed E-state index contributed by atoms with van der Waals surface area (Å²) in [6, 6.07) is 0. The molecule has 0 saturated heterocycles. The molecule has 0 saturated carbocycles. The lowest BCUT2D eigenvalue weighted by atomic mass is 10.6. The van der Waals surface area contributed by atoms with E-state index >= 15 is 0 Å². The topological polar surface area (TPSA) is 62.2 Å². The number of halogens is 1. The van der Waals surface area contributed by atoms with Gasteiger partial charge in [-0.05, 0) is 0 Å². The summed E-state index contributed by atoms with van der Waals surface area (Å²) in [6.07, 6.45) is 1.20. The molecule has 0 heterocycles. The van der Waals surface area contributed by atoms with Crippen LogP contribution in [0.1, 0.15) is 0 Å². The van der Waals surface area contributed by atoms with Gasteiger partial charge in [0.1, 0.15) is 9.84 Å². The minimum Gasteiger partial charge on any atom is -0.378 e. The highest BCUT2D eigenvalue weighted by Gasteiger charge is 2.03. The third kappa shape index (κ3) is 11.0. The van der Waals surface area contributed by atoms with E-state index < -0.39 is 9.84 Å². The van der Waals surface area contributed by atoms with E-state index in [9.17, 15) is 8.42 Å². The van der Waals surface area contributed by atoms with Gasteiger partial charge in [-0.3, -0.25) is 4.99 Å². The van der Waals surface area contributed by atoms with Crippen molar-refractivity contribution in [3.8, 4) is 0 Å². The van der Waals surface area contributed by atoms with E-state index in [1.807, 2.05) is 38.0 Å². The lowest BCUT2D eigenvalue weighted by molar-refractivity contribution is 0.157. The first-order chi connectivity index (χ1) is 7.74. The van der Waals surface area contributed by atoms with Crippen LogP contribution in [0, 0.1) is 0 Å². The second kappa shape index (κ2) is 9.79. The van der Waals surface area contributed by atoms with Gasteiger partial charge in [-0.1, -0.05) is 0 Å². The van der Waals surface area contributed by atoms with Crippen molar-refractivity contribution in [3.05, 3.63) is 0 Å². The molecule has 0 bridgehead atoms. The van der Waals surface area contributed by atoms with Crippen LogP contribution in [0.5, 0.6) is 0 Å². The Hall–Kier alpha value is -0.0900. The maximum Gasteiger partial charge on any atom is 0.195 e. The molecule has 0 aromatic carbocycles. The monoisotopic (exact) mass is 393 g/mol. The first-order valence-electron chi connectivity index (χ1n) is 5.38. The predicted octanol–water partition coefficient (Wildman–Crippen LogP) is 0.145. The van der Waals surface area contributed by atoms with Crippen molar-refractivity contribution >= 4 is 39.8 Å². The van der Waals surface area contributed by atoms with Crippen LogP contribution in [-0.4, -0.2) is 84.1 Å². The number of nitrogens with zero attached hydrogens (tertiary/aromatic N) is 3. The smallest absolute Gasteiger partial charge is 0.195 e. The van der Waals surface area contributed by atoms with Gasteiger partial charge in [-0.25, -0.2) is 8.42 Å². The molecule has 0 aromatic rings. The van der Waals surface area contributed by atoms with Crippen LogP contribution in [0.2, 0.25) is 0 Å². The molecule has 0 aliphatic rings. The lowest BCUT2D eigenvalue weighted by Crippen LogP contribution is -2.35. The molecule has 0 N–H and O–H groups in total. The zero-order chi connectivity index (χ0) is 13.5. The van der Waals surface area contributed by atoms with Crippen LogP contribution in [-0.2, 0) is 14.6 Å². The zero-order valence-corrected chi connectivity index (χ0v) is 14.9. The molecule has 0 unspecified atom stereocenters. The summed E-state index contributed by atoms with van der Waals surface area (Å²) in [5.74, 6) is 0.919. The quantitative estimate of drug-likeness (QED) is 0.278. The van der Waals surface area contributed by atoms with Gasteiger partial charge in [-0.15, -0.1) is 24.0 Å². The summed E-state index contributed by atoms with van der Waals surface area (Å²) in [5.41, 5.74) is 0. The Morgan fingerprint density at radius 2 is 1.61 bits per heavy atom. The predicted molar refractivity (Wildman–Crippen MR) is 85.6 cm³/mol. The van der Waals surface area contributed by atoms with Crippen LogP contribution >= 0.6 is 24.0 Å². The molecule has 0 amide bonds. The average molecular weight is 393 g/mol. The number of sulfone groups is 1. The second-order valence-electron chi connectivity index (χ2n) is 4.21. The zero-order valence-electron chi connectivity index (χ0n) is 11.7. The van der Waals surface area contributed by atoms with Crippen molar-refractivity contribution in [3.63, 3.8) is 0 Å². The molecule has 0 atom stereocenters. The van der Waals surface area contributed by atoms with E-state index in [-0.39, 0.29) is 36.3 Å². The van der Waals surface area contributed by atoms with Crippen molar-refractivity contribution in [2.45, 2.75) is 0 Å². The highest BCUT2D eigenvalue weighted by atomic mass is 127. The van der Waals surface area contributed by atoms with E-state index in [2.05, 4.69) is 4.99 Å². The van der Waals surface area contributed by atoms with E-state index in [0.717, 1.165) is 5.96 Å². The molecule has 0 spiro atoms. The Labute approximate surface area is 127 Å². The number of aliphatic imine (C=N–C) groups is 1. The fourth-order valence-corrected chi connectivity index (χ4v) is 1.63. The summed E-state index contributed by atoms with van der Waals surface area (Å²) < 4.78 is 26.9. The normalized spacial score (nSPS) is 10.5. The molecule has 0 rings (SSSR count). The van der Waals surface area contributed by atoms with E-state index in [4.69, 9.17) is 4.74 Å². The number of guanidine groups is 1. The lowest BCUT2D eigenvalue weighted by Gasteiger charge is -2.22. The van der Waals surface area contributed by atoms with Gasteiger partial charge in [-0.2, -0.15) is 0 Å². The van der Waals surface area contributed by atoms with Gasteiger partial charge in [0.05, 0.1) is 25.5 Å². The number of ether oxygens (including phenoxy) is 1. The highest BCUT2D eigenvalue weighted by molar-refractivity contribution is 14.0. The van der Waals surface area contributed by atoms with Crippen LogP contribution in [0.4, 0.5) is 0 Å². The molecule has 0 aromatic heterocycles. The SMILES string of the molecule is CN(C)C(=NCCOCCS(C)(=O)=O)N(C)C.I. The standard InChI is InChI=1S/C10H23N3O3S.HI/c1-12(2)10(13(3)4)11-6-7-16-8-9-17(5,14)15;/h6-9H2,1-5H3;1H. The van der Waals surface area contributed by atoms with Gasteiger partial charge in [0.25, 0.3) is 0 Å². The number of hydrogen-bond donors (Lipinski definition) is 0. The van der Waals surface area contributed by atoms with Crippen molar-refractivity contribution < 1.29 is 13.2 Å². The average Bonchev–Trinajstić information content (AvgIpc) is 2.13. The Morgan fingerprint density at radius 1 is 1.11 bits per heavy atom. The summed E-state index contributed by atoms with van der Waals surface area (Å²) in [4.78, 5) is 8.18. The van der Waals surface area contributed by atoms with Crippen molar-refractivity contribution in [1.82, 2.24) is 9.80 Å². The number of hydrogen-bond acceptors (Lipinski definition) is 4. The van der Waals surface area contributed by atoms with E-state index in [1.165, 1.54) is 6.26 Å². The maximum absolute atomic E-state index is 10.8. The van der Waals surface area contributed by atoms with Gasteiger partial charge < -0.3 is 14.5 Å². The minimum absolute atomic E-state index is 0. The van der Waals surface area contributed by atoms with Crippen LogP contribution < -0.4 is 0 Å². The second-order valence-corrected chi connectivity index (χ2v) is 6.47. The first kappa shape index (κ1) is 20.2. The molecule has 8 heteroatoms. The first-order valence-corrected chi connectivity index (χ1v) is 7.44. The highest BCUT2D eigenvalue weighted by Crippen LogP contribution is 1.90. The van der Waals surface area contributed by atoms with E-state index in [0.29, 0.717) is 13.2 Å². The van der Waals surface area contributed by atoms with Gasteiger partial charge >= 0.3 is 0 Å². The van der Waals surface area contributed by atoms with Gasteiger partial charge in [0.2, 0.25) is 0 Å². The Kier molecular flexibility index (Phi) is 11.0. The van der Waals surface area contributed by atoms with Crippen LogP contribution in [0.15, 0.2) is 4.99 Å². The van der Waals surface area contributed by atoms with Gasteiger partial charge in [0, 0.05) is 34.4 Å². The molecule has 0 aliphatic carbocycles. The molecular weight excluding hydrogens is 369 g/mol. The summed E-state index contributed by atoms with van der Waals surface area (Å²) in [6.45, 7) is 1.18. The molecule has 0 radical (unpaired) electrons. The molecule has 6 nitrogen and oxygen atoms in total.